The minimum atomic E-state index is -4.70. The molecule has 1 saturated heterocycles. The molecule has 0 unspecified atom stereocenters. The Morgan fingerprint density at radius 2 is 1.88 bits per heavy atom. The Labute approximate surface area is 141 Å². The third kappa shape index (κ3) is 3.92. The zero-order valence-electron chi connectivity index (χ0n) is 13.6. The van der Waals surface area contributed by atoms with Crippen molar-refractivity contribution < 1.29 is 32.7 Å². The predicted octanol–water partition coefficient (Wildman–Crippen LogP) is 2.29. The van der Waals surface area contributed by atoms with Gasteiger partial charge in [-0.3, -0.25) is 14.4 Å². The molecule has 0 aliphatic carbocycles. The van der Waals surface area contributed by atoms with Gasteiger partial charge in [0.05, 0.1) is 11.8 Å². The predicted molar refractivity (Wildman–Crippen MR) is 82.1 cm³/mol. The molecule has 1 aliphatic rings. The van der Waals surface area contributed by atoms with Crippen LogP contribution in [0.3, 0.4) is 0 Å². The van der Waals surface area contributed by atoms with Gasteiger partial charge in [-0.1, -0.05) is 6.07 Å². The average molecular weight is 358 g/mol. The molecule has 0 spiro atoms. The first-order valence-corrected chi connectivity index (χ1v) is 7.48. The van der Waals surface area contributed by atoms with E-state index in [1.807, 2.05) is 0 Å². The number of benzene rings is 1. The number of likely N-dealkylation sites (tertiary alicyclic amines) is 1. The summed E-state index contributed by atoms with van der Waals surface area (Å²) in [6, 6.07) is 4.49. The maximum absolute atomic E-state index is 13.0. The number of alkyl halides is 3. The second-order valence-electron chi connectivity index (χ2n) is 5.96. The molecule has 9 heteroatoms. The van der Waals surface area contributed by atoms with Gasteiger partial charge in [0, 0.05) is 31.3 Å². The molecule has 1 aliphatic heterocycles. The number of hydrogen-bond acceptors (Lipinski definition) is 3. The number of halogens is 3. The van der Waals surface area contributed by atoms with Crippen LogP contribution in [0.25, 0.3) is 0 Å². The van der Waals surface area contributed by atoms with Gasteiger partial charge in [-0.25, -0.2) is 0 Å². The van der Waals surface area contributed by atoms with Crippen molar-refractivity contribution in [2.45, 2.75) is 20.0 Å². The summed E-state index contributed by atoms with van der Waals surface area (Å²) in [6.45, 7) is 1.63. The van der Waals surface area contributed by atoms with Gasteiger partial charge in [-0.15, -0.1) is 0 Å². The molecule has 2 N–H and O–H groups in total. The summed E-state index contributed by atoms with van der Waals surface area (Å²) in [6.07, 6.45) is -4.70. The first kappa shape index (κ1) is 18.8. The van der Waals surface area contributed by atoms with Crippen molar-refractivity contribution in [2.24, 2.45) is 11.8 Å². The fourth-order valence-electron chi connectivity index (χ4n) is 2.91. The van der Waals surface area contributed by atoms with Gasteiger partial charge >= 0.3 is 12.1 Å². The molecule has 0 aromatic heterocycles. The number of carboxylic acids is 1. The van der Waals surface area contributed by atoms with Crippen LogP contribution in [0, 0.1) is 18.8 Å². The standard InChI is InChI=1S/C16H17F3N2O4/c1-8-10(4-3-5-13(8)20-9(2)22)14(23)21-6-11(15(24)25)12(7-21)16(17,18)19/h3-5,11-12H,6-7H2,1-2H3,(H,20,22)(H,24,25)/t11-,12-/m1/s1. The van der Waals surface area contributed by atoms with Crippen molar-refractivity contribution in [3.05, 3.63) is 29.3 Å². The molecule has 2 amide bonds. The second-order valence-corrected chi connectivity index (χ2v) is 5.96. The second kappa shape index (κ2) is 6.73. The van der Waals surface area contributed by atoms with E-state index < -0.39 is 43.0 Å². The van der Waals surface area contributed by atoms with Crippen LogP contribution in [0.2, 0.25) is 0 Å². The molecule has 25 heavy (non-hydrogen) atoms. The van der Waals surface area contributed by atoms with Crippen molar-refractivity contribution in [3.8, 4) is 0 Å². The summed E-state index contributed by atoms with van der Waals surface area (Å²) in [5.41, 5.74) is 0.906. The number of anilines is 1. The van der Waals surface area contributed by atoms with E-state index in [0.29, 0.717) is 11.3 Å². The number of carboxylic acid groups (broad SMARTS) is 1. The molecule has 1 fully saturated rings. The Hall–Kier alpha value is -2.58. The van der Waals surface area contributed by atoms with E-state index in [1.165, 1.54) is 19.1 Å². The van der Waals surface area contributed by atoms with Crippen LogP contribution in [0.4, 0.5) is 18.9 Å². The molecule has 1 aromatic rings. The van der Waals surface area contributed by atoms with Gasteiger partial charge in [0.1, 0.15) is 0 Å². The number of aliphatic carboxylic acids is 1. The van der Waals surface area contributed by atoms with E-state index in [2.05, 4.69) is 5.32 Å². The van der Waals surface area contributed by atoms with Gasteiger partial charge in [-0.2, -0.15) is 13.2 Å². The van der Waals surface area contributed by atoms with Crippen LogP contribution in [0.1, 0.15) is 22.8 Å². The Kier molecular flexibility index (Phi) is 5.05. The lowest BCUT2D eigenvalue weighted by Gasteiger charge is -2.20. The topological polar surface area (TPSA) is 86.7 Å². The maximum atomic E-state index is 13.0. The lowest BCUT2D eigenvalue weighted by molar-refractivity contribution is -0.187. The minimum absolute atomic E-state index is 0.123. The monoisotopic (exact) mass is 358 g/mol. The highest BCUT2D eigenvalue weighted by Crippen LogP contribution is 2.38. The van der Waals surface area contributed by atoms with Crippen molar-refractivity contribution >= 4 is 23.5 Å². The summed E-state index contributed by atoms with van der Waals surface area (Å²) in [5.74, 6) is -6.42. The van der Waals surface area contributed by atoms with Crippen LogP contribution in [-0.2, 0) is 9.59 Å². The molecule has 0 saturated carbocycles. The zero-order valence-corrected chi connectivity index (χ0v) is 13.6. The van der Waals surface area contributed by atoms with Gasteiger partial charge in [0.2, 0.25) is 5.91 Å². The van der Waals surface area contributed by atoms with E-state index in [0.717, 1.165) is 4.90 Å². The molecule has 0 radical (unpaired) electrons. The van der Waals surface area contributed by atoms with Crippen molar-refractivity contribution in [3.63, 3.8) is 0 Å². The number of carbonyl (C=O) groups excluding carboxylic acids is 2. The summed E-state index contributed by atoms with van der Waals surface area (Å²) < 4.78 is 39.1. The van der Waals surface area contributed by atoms with Crippen LogP contribution in [0.5, 0.6) is 0 Å². The lowest BCUT2D eigenvalue weighted by atomic mass is 9.96. The molecule has 2 atom stereocenters. The lowest BCUT2D eigenvalue weighted by Crippen LogP contribution is -2.34. The molecule has 6 nitrogen and oxygen atoms in total. The van der Waals surface area contributed by atoms with Crippen molar-refractivity contribution in [2.75, 3.05) is 18.4 Å². The highest BCUT2D eigenvalue weighted by atomic mass is 19.4. The summed E-state index contributed by atoms with van der Waals surface area (Å²) in [7, 11) is 0. The van der Waals surface area contributed by atoms with Crippen LogP contribution in [0.15, 0.2) is 18.2 Å². The van der Waals surface area contributed by atoms with Gasteiger partial charge in [-0.05, 0) is 24.6 Å². The van der Waals surface area contributed by atoms with Crippen LogP contribution < -0.4 is 5.32 Å². The largest absolute Gasteiger partial charge is 0.481 e. The molecular weight excluding hydrogens is 341 g/mol. The number of nitrogens with zero attached hydrogens (tertiary/aromatic N) is 1. The van der Waals surface area contributed by atoms with Gasteiger partial charge in [0.25, 0.3) is 5.91 Å². The summed E-state index contributed by atoms with van der Waals surface area (Å²) in [5, 5.41) is 11.6. The minimum Gasteiger partial charge on any atom is -0.481 e. The van der Waals surface area contributed by atoms with E-state index in [-0.39, 0.29) is 11.5 Å². The van der Waals surface area contributed by atoms with Crippen LogP contribution in [-0.4, -0.2) is 47.1 Å². The SMILES string of the molecule is CC(=O)Nc1cccc(C(=O)N2C[C@@H](C(F)(F)F)[C@H](C(=O)O)C2)c1C. The quantitative estimate of drug-likeness (QED) is 0.868. The Bertz CT molecular complexity index is 718. The zero-order chi connectivity index (χ0) is 18.9. The number of carbonyl (C=O) groups is 3. The van der Waals surface area contributed by atoms with Crippen molar-refractivity contribution in [1.82, 2.24) is 4.90 Å². The molecular formula is C16H17F3N2O4. The Balaban J connectivity index is 2.30. The number of nitrogens with one attached hydrogen (secondary N) is 1. The third-order valence-corrected chi connectivity index (χ3v) is 4.22. The molecule has 1 heterocycles. The fourth-order valence-corrected chi connectivity index (χ4v) is 2.91. The maximum Gasteiger partial charge on any atom is 0.394 e. The summed E-state index contributed by atoms with van der Waals surface area (Å²) >= 11 is 0. The normalized spacial score (nSPS) is 20.4. The van der Waals surface area contributed by atoms with Gasteiger partial charge in [0.15, 0.2) is 0 Å². The number of amides is 2. The number of rotatable bonds is 3. The van der Waals surface area contributed by atoms with E-state index >= 15 is 0 Å². The number of hydrogen-bond donors (Lipinski definition) is 2. The fraction of sp³-hybridized carbons (Fsp3) is 0.438. The smallest absolute Gasteiger partial charge is 0.394 e. The van der Waals surface area contributed by atoms with E-state index in [9.17, 15) is 27.6 Å². The molecule has 2 rings (SSSR count). The average Bonchev–Trinajstić information content (AvgIpc) is 2.94. The Morgan fingerprint density at radius 1 is 1.24 bits per heavy atom. The van der Waals surface area contributed by atoms with E-state index in [1.54, 1.807) is 13.0 Å². The molecule has 1 aromatic carbocycles. The third-order valence-electron chi connectivity index (χ3n) is 4.22. The first-order valence-electron chi connectivity index (χ1n) is 7.48. The van der Waals surface area contributed by atoms with Crippen LogP contribution >= 0.6 is 0 Å². The first-order chi connectivity index (χ1) is 11.5. The summed E-state index contributed by atoms with van der Waals surface area (Å²) in [4.78, 5) is 35.8. The Morgan fingerprint density at radius 3 is 2.36 bits per heavy atom. The van der Waals surface area contributed by atoms with E-state index in [4.69, 9.17) is 5.11 Å². The van der Waals surface area contributed by atoms with Gasteiger partial charge < -0.3 is 15.3 Å². The highest BCUT2D eigenvalue weighted by molar-refractivity contribution is 5.99. The van der Waals surface area contributed by atoms with Crippen molar-refractivity contribution in [1.29, 1.82) is 0 Å². The highest BCUT2D eigenvalue weighted by Gasteiger charge is 2.53. The molecule has 0 bridgehead atoms. The molecule has 136 valence electrons.